The molecule has 3 rings (SSSR count). The summed E-state index contributed by atoms with van der Waals surface area (Å²) >= 11 is 11.9. The quantitative estimate of drug-likeness (QED) is 0.574. The summed E-state index contributed by atoms with van der Waals surface area (Å²) < 4.78 is 10.4. The second-order valence-electron chi connectivity index (χ2n) is 9.17. The van der Waals surface area contributed by atoms with Gasteiger partial charge in [0.25, 0.3) is 5.91 Å². The fourth-order valence-electron chi connectivity index (χ4n) is 3.78. The molecule has 0 bridgehead atoms. The lowest BCUT2D eigenvalue weighted by atomic mass is 9.94. The van der Waals surface area contributed by atoms with Crippen molar-refractivity contribution in [2.24, 2.45) is 5.41 Å². The number of hydrogen-bond donors (Lipinski definition) is 2. The van der Waals surface area contributed by atoms with Gasteiger partial charge in [-0.3, -0.25) is 14.9 Å². The van der Waals surface area contributed by atoms with Gasteiger partial charge in [0.05, 0.1) is 24.9 Å². The first-order valence-corrected chi connectivity index (χ1v) is 12.0. The summed E-state index contributed by atoms with van der Waals surface area (Å²) in [4.78, 5) is 29.2. The second-order valence-corrected chi connectivity index (χ2v) is 9.99. The van der Waals surface area contributed by atoms with Crippen LogP contribution in [0.3, 0.4) is 0 Å². The van der Waals surface area contributed by atoms with Crippen LogP contribution in [0.15, 0.2) is 36.4 Å². The summed E-state index contributed by atoms with van der Waals surface area (Å²) in [6.07, 6.45) is 0. The molecule has 0 radical (unpaired) electrons. The van der Waals surface area contributed by atoms with E-state index < -0.39 is 0 Å². The number of nitrogens with one attached hydrogen (secondary N) is 2. The Morgan fingerprint density at radius 1 is 0.971 bits per heavy atom. The van der Waals surface area contributed by atoms with E-state index in [1.165, 1.54) is 14.2 Å². The van der Waals surface area contributed by atoms with Crippen LogP contribution < -0.4 is 25.0 Å². The van der Waals surface area contributed by atoms with Crippen molar-refractivity contribution in [2.45, 2.75) is 20.8 Å². The van der Waals surface area contributed by atoms with E-state index in [-0.39, 0.29) is 22.3 Å². The molecule has 2 aromatic rings. The Bertz CT molecular complexity index is 1110. The zero-order valence-corrected chi connectivity index (χ0v) is 22.2. The van der Waals surface area contributed by atoms with Crippen molar-refractivity contribution in [3.63, 3.8) is 0 Å². The minimum Gasteiger partial charge on any atom is -0.493 e. The Balaban J connectivity index is 1.59. The van der Waals surface area contributed by atoms with Crippen LogP contribution in [0, 0.1) is 5.41 Å². The Hall–Kier alpha value is -3.04. The number of rotatable bonds is 5. The third-order valence-corrected chi connectivity index (χ3v) is 6.13. The van der Waals surface area contributed by atoms with E-state index in [1.807, 2.05) is 37.8 Å². The van der Waals surface area contributed by atoms with E-state index in [0.29, 0.717) is 54.0 Å². The molecule has 188 valence electrons. The predicted octanol–water partition coefficient (Wildman–Crippen LogP) is 4.18. The number of anilines is 2. The maximum absolute atomic E-state index is 12.6. The van der Waals surface area contributed by atoms with E-state index in [2.05, 4.69) is 15.5 Å². The number of benzene rings is 2. The molecule has 0 atom stereocenters. The molecule has 1 heterocycles. The van der Waals surface area contributed by atoms with Gasteiger partial charge in [0, 0.05) is 42.8 Å². The number of thiocarbonyl (C=S) groups is 1. The first-order chi connectivity index (χ1) is 16.5. The van der Waals surface area contributed by atoms with Crippen molar-refractivity contribution >= 4 is 52.1 Å². The minimum absolute atomic E-state index is 0.142. The highest BCUT2D eigenvalue weighted by molar-refractivity contribution is 7.80. The van der Waals surface area contributed by atoms with E-state index in [0.717, 1.165) is 5.69 Å². The molecule has 1 saturated heterocycles. The highest BCUT2D eigenvalue weighted by Crippen LogP contribution is 2.31. The lowest BCUT2D eigenvalue weighted by molar-refractivity contribution is -0.139. The van der Waals surface area contributed by atoms with Crippen LogP contribution in [0.2, 0.25) is 5.02 Å². The Morgan fingerprint density at radius 2 is 1.63 bits per heavy atom. The van der Waals surface area contributed by atoms with Crippen LogP contribution in [0.5, 0.6) is 11.5 Å². The lowest BCUT2D eigenvalue weighted by Gasteiger charge is -2.39. The molecule has 35 heavy (non-hydrogen) atoms. The summed E-state index contributed by atoms with van der Waals surface area (Å²) in [6, 6.07) is 10.4. The predicted molar refractivity (Wildman–Crippen MR) is 143 cm³/mol. The molecule has 2 aromatic carbocycles. The molecule has 1 aliphatic rings. The highest BCUT2D eigenvalue weighted by atomic mass is 35.5. The van der Waals surface area contributed by atoms with Crippen molar-refractivity contribution < 1.29 is 19.1 Å². The van der Waals surface area contributed by atoms with Gasteiger partial charge in [-0.15, -0.1) is 0 Å². The molecule has 0 aliphatic carbocycles. The average molecular weight is 519 g/mol. The van der Waals surface area contributed by atoms with Gasteiger partial charge in [0.2, 0.25) is 5.91 Å². The van der Waals surface area contributed by atoms with Gasteiger partial charge >= 0.3 is 0 Å². The van der Waals surface area contributed by atoms with Crippen molar-refractivity contribution in [1.29, 1.82) is 0 Å². The van der Waals surface area contributed by atoms with Gasteiger partial charge in [-0.25, -0.2) is 0 Å². The largest absolute Gasteiger partial charge is 0.493 e. The molecular weight excluding hydrogens is 488 g/mol. The zero-order valence-electron chi connectivity index (χ0n) is 20.6. The topological polar surface area (TPSA) is 83.1 Å². The second kappa shape index (κ2) is 11.1. The van der Waals surface area contributed by atoms with Crippen LogP contribution in [-0.4, -0.2) is 62.2 Å². The first-order valence-electron chi connectivity index (χ1n) is 11.2. The van der Waals surface area contributed by atoms with Crippen molar-refractivity contribution in [3.05, 3.63) is 47.0 Å². The van der Waals surface area contributed by atoms with Crippen LogP contribution >= 0.6 is 23.8 Å². The zero-order chi connectivity index (χ0) is 25.8. The maximum atomic E-state index is 12.6. The summed E-state index contributed by atoms with van der Waals surface area (Å²) in [5.74, 6) is 0.756. The first kappa shape index (κ1) is 26.6. The fraction of sp³-hybridized carbons (Fsp3) is 0.400. The molecule has 8 nitrogen and oxygen atoms in total. The van der Waals surface area contributed by atoms with Crippen LogP contribution in [0.25, 0.3) is 0 Å². The van der Waals surface area contributed by atoms with Crippen LogP contribution in [0.1, 0.15) is 31.1 Å². The van der Waals surface area contributed by atoms with Crippen molar-refractivity contribution in [1.82, 2.24) is 10.2 Å². The van der Waals surface area contributed by atoms with Gasteiger partial charge in [-0.1, -0.05) is 32.4 Å². The van der Waals surface area contributed by atoms with Gasteiger partial charge in [-0.2, -0.15) is 0 Å². The molecular formula is C25H31ClN4O4S. The molecule has 1 aliphatic heterocycles. The number of carbonyl (C=O) groups excluding carboxylic acids is 2. The van der Waals surface area contributed by atoms with Gasteiger partial charge in [0.1, 0.15) is 0 Å². The number of piperazine rings is 1. The number of amides is 2. The van der Waals surface area contributed by atoms with Crippen molar-refractivity contribution in [2.75, 3.05) is 50.6 Å². The molecule has 0 unspecified atom stereocenters. The SMILES string of the molecule is COc1ccc(C(=O)NC(=S)Nc2ccc(N3CCN(C(=O)C(C)(C)C)CC3)c(Cl)c2)cc1OC. The maximum Gasteiger partial charge on any atom is 0.257 e. The van der Waals surface area contributed by atoms with Crippen LogP contribution in [-0.2, 0) is 4.79 Å². The summed E-state index contributed by atoms with van der Waals surface area (Å²) in [5, 5.41) is 6.34. The average Bonchev–Trinajstić information content (AvgIpc) is 2.82. The molecule has 0 aromatic heterocycles. The Morgan fingerprint density at radius 3 is 2.20 bits per heavy atom. The number of nitrogens with zero attached hydrogens (tertiary/aromatic N) is 2. The van der Waals surface area contributed by atoms with E-state index in [4.69, 9.17) is 33.3 Å². The van der Waals surface area contributed by atoms with Gasteiger partial charge in [0.15, 0.2) is 16.6 Å². The molecule has 1 fully saturated rings. The van der Waals surface area contributed by atoms with E-state index >= 15 is 0 Å². The molecule has 2 N–H and O–H groups in total. The molecule has 0 spiro atoms. The number of halogens is 1. The summed E-state index contributed by atoms with van der Waals surface area (Å²) in [5.41, 5.74) is 1.53. The standard InChI is InChI=1S/C25H31ClN4O4S/c1-25(2,3)23(32)30-12-10-29(11-13-30)19-8-7-17(15-18(19)26)27-24(35)28-22(31)16-6-9-20(33-4)21(14-16)34-5/h6-9,14-15H,10-13H2,1-5H3,(H2,27,28,31,35). The van der Waals surface area contributed by atoms with Crippen LogP contribution in [0.4, 0.5) is 11.4 Å². The highest BCUT2D eigenvalue weighted by Gasteiger charge is 2.30. The monoisotopic (exact) mass is 518 g/mol. The van der Waals surface area contributed by atoms with Crippen molar-refractivity contribution in [3.8, 4) is 11.5 Å². The molecule has 2 amide bonds. The summed E-state index contributed by atoms with van der Waals surface area (Å²) in [6.45, 7) is 8.51. The normalized spacial score (nSPS) is 13.8. The number of ether oxygens (including phenoxy) is 2. The minimum atomic E-state index is -0.388. The molecule has 10 heteroatoms. The van der Waals surface area contributed by atoms with Gasteiger partial charge in [-0.05, 0) is 48.6 Å². The number of carbonyl (C=O) groups is 2. The third-order valence-electron chi connectivity index (χ3n) is 5.63. The number of hydrogen-bond acceptors (Lipinski definition) is 6. The lowest BCUT2D eigenvalue weighted by Crippen LogP contribution is -2.51. The third kappa shape index (κ3) is 6.55. The smallest absolute Gasteiger partial charge is 0.257 e. The van der Waals surface area contributed by atoms with Gasteiger partial charge < -0.3 is 24.6 Å². The fourth-order valence-corrected chi connectivity index (χ4v) is 4.29. The summed E-state index contributed by atoms with van der Waals surface area (Å²) in [7, 11) is 3.03. The Kier molecular flexibility index (Phi) is 8.45. The Labute approximate surface area is 216 Å². The molecule has 0 saturated carbocycles. The van der Waals surface area contributed by atoms with E-state index in [9.17, 15) is 9.59 Å². The van der Waals surface area contributed by atoms with E-state index in [1.54, 1.807) is 24.3 Å². The number of methoxy groups -OCH3 is 2.